The Morgan fingerprint density at radius 2 is 2.33 bits per heavy atom. The Morgan fingerprint density at radius 3 is 3.17 bits per heavy atom. The Bertz CT molecular complexity index is 642. The van der Waals surface area contributed by atoms with Crippen LogP contribution in [0.5, 0.6) is 0 Å². The predicted octanol–water partition coefficient (Wildman–Crippen LogP) is 2.39. The monoisotopic (exact) mass is 242 g/mol. The molecule has 5 heteroatoms. The Balaban J connectivity index is 1.71. The summed E-state index contributed by atoms with van der Waals surface area (Å²) in [6.45, 7) is 0.775. The van der Waals surface area contributed by atoms with E-state index in [1.165, 1.54) is 0 Å². The number of aromatic nitrogens is 2. The molecule has 0 aliphatic heterocycles. The molecule has 0 saturated carbocycles. The van der Waals surface area contributed by atoms with Crippen molar-refractivity contribution in [3.63, 3.8) is 0 Å². The number of rotatable bonds is 4. The van der Waals surface area contributed by atoms with Crippen LogP contribution in [-0.4, -0.2) is 16.7 Å². The molecule has 2 aromatic heterocycles. The van der Waals surface area contributed by atoms with Crippen LogP contribution in [0.15, 0.2) is 41.1 Å². The van der Waals surface area contributed by atoms with Gasteiger partial charge in [0.25, 0.3) is 0 Å². The van der Waals surface area contributed by atoms with E-state index in [2.05, 4.69) is 15.5 Å². The van der Waals surface area contributed by atoms with Gasteiger partial charge in [0.15, 0.2) is 0 Å². The molecule has 0 spiro atoms. The number of aromatic amines is 1. The van der Waals surface area contributed by atoms with Gasteiger partial charge in [0, 0.05) is 18.4 Å². The number of hydrogen-bond acceptors (Lipinski definition) is 4. The van der Waals surface area contributed by atoms with E-state index in [0.29, 0.717) is 0 Å². The molecular formula is C13H14N4O. The average Bonchev–Trinajstić information content (AvgIpc) is 3.00. The van der Waals surface area contributed by atoms with Crippen LogP contribution in [0.2, 0.25) is 0 Å². The largest absolute Gasteiger partial charge is 0.469 e. The Morgan fingerprint density at radius 1 is 1.39 bits per heavy atom. The van der Waals surface area contributed by atoms with Crippen molar-refractivity contribution >= 4 is 22.3 Å². The molecule has 0 fully saturated rings. The van der Waals surface area contributed by atoms with Gasteiger partial charge in [0.05, 0.1) is 29.4 Å². The molecule has 0 radical (unpaired) electrons. The molecule has 0 amide bonds. The molecule has 2 heterocycles. The van der Waals surface area contributed by atoms with Gasteiger partial charge < -0.3 is 15.5 Å². The Hall–Kier alpha value is -2.43. The molecule has 0 atom stereocenters. The Kier molecular flexibility index (Phi) is 2.64. The minimum atomic E-state index is 0.725. The van der Waals surface area contributed by atoms with Gasteiger partial charge in [0.2, 0.25) is 0 Å². The van der Waals surface area contributed by atoms with Crippen molar-refractivity contribution in [2.75, 3.05) is 17.6 Å². The number of nitrogens with zero attached hydrogens (tertiary/aromatic N) is 1. The van der Waals surface area contributed by atoms with E-state index < -0.39 is 0 Å². The first-order chi connectivity index (χ1) is 8.83. The topological polar surface area (TPSA) is 79.9 Å². The summed E-state index contributed by atoms with van der Waals surface area (Å²) in [5.41, 5.74) is 8.59. The van der Waals surface area contributed by atoms with E-state index in [-0.39, 0.29) is 0 Å². The van der Waals surface area contributed by atoms with Crippen molar-refractivity contribution < 1.29 is 4.42 Å². The summed E-state index contributed by atoms with van der Waals surface area (Å²) in [7, 11) is 0. The van der Waals surface area contributed by atoms with Crippen LogP contribution in [0, 0.1) is 0 Å². The first-order valence-electron chi connectivity index (χ1n) is 5.82. The van der Waals surface area contributed by atoms with E-state index >= 15 is 0 Å². The second kappa shape index (κ2) is 4.44. The highest BCUT2D eigenvalue weighted by Gasteiger charge is 2.03. The van der Waals surface area contributed by atoms with Crippen LogP contribution in [0.1, 0.15) is 5.76 Å². The summed E-state index contributed by atoms with van der Waals surface area (Å²) >= 11 is 0. The minimum absolute atomic E-state index is 0.725. The molecule has 0 unspecified atom stereocenters. The van der Waals surface area contributed by atoms with Crippen molar-refractivity contribution in [1.29, 1.82) is 0 Å². The van der Waals surface area contributed by atoms with Crippen LogP contribution in [-0.2, 0) is 6.42 Å². The van der Waals surface area contributed by atoms with E-state index in [0.717, 1.165) is 41.0 Å². The summed E-state index contributed by atoms with van der Waals surface area (Å²) in [5.74, 6) is 0.962. The van der Waals surface area contributed by atoms with Gasteiger partial charge >= 0.3 is 0 Å². The summed E-state index contributed by atoms with van der Waals surface area (Å²) in [6.07, 6.45) is 4.27. The van der Waals surface area contributed by atoms with Gasteiger partial charge in [-0.05, 0) is 24.3 Å². The van der Waals surface area contributed by atoms with Crippen molar-refractivity contribution in [2.24, 2.45) is 0 Å². The van der Waals surface area contributed by atoms with Crippen molar-refractivity contribution in [3.05, 3.63) is 42.5 Å². The molecular weight excluding hydrogens is 228 g/mol. The number of hydrogen-bond donors (Lipinski definition) is 3. The molecule has 3 rings (SSSR count). The van der Waals surface area contributed by atoms with Crippen LogP contribution >= 0.6 is 0 Å². The fraction of sp³-hybridized carbons (Fsp3) is 0.154. The summed E-state index contributed by atoms with van der Waals surface area (Å²) in [4.78, 5) is 0. The zero-order valence-corrected chi connectivity index (χ0v) is 9.81. The lowest BCUT2D eigenvalue weighted by molar-refractivity contribution is 0.513. The number of benzene rings is 1. The highest BCUT2D eigenvalue weighted by molar-refractivity contribution is 5.88. The van der Waals surface area contributed by atoms with E-state index in [1.807, 2.05) is 24.3 Å². The summed E-state index contributed by atoms with van der Waals surface area (Å²) < 4.78 is 5.27. The molecule has 0 aliphatic rings. The van der Waals surface area contributed by atoms with Gasteiger partial charge in [-0.2, -0.15) is 5.10 Å². The standard InChI is InChI=1S/C13H14N4O/c14-11-6-9-8-16-17-12(9)7-13(11)15-4-3-10-2-1-5-18-10/h1-2,5-8,15H,3-4,14H2,(H,16,17). The molecule has 5 nitrogen and oxygen atoms in total. The molecule has 1 aromatic carbocycles. The van der Waals surface area contributed by atoms with E-state index in [4.69, 9.17) is 10.2 Å². The quantitative estimate of drug-likeness (QED) is 0.614. The highest BCUT2D eigenvalue weighted by atomic mass is 16.3. The fourth-order valence-electron chi connectivity index (χ4n) is 1.94. The summed E-state index contributed by atoms with van der Waals surface area (Å²) in [5, 5.41) is 11.2. The third-order valence-corrected chi connectivity index (χ3v) is 2.88. The first-order valence-corrected chi connectivity index (χ1v) is 5.82. The predicted molar refractivity (Wildman–Crippen MR) is 71.4 cm³/mol. The van der Waals surface area contributed by atoms with E-state index in [1.54, 1.807) is 12.5 Å². The van der Waals surface area contributed by atoms with Crippen molar-refractivity contribution in [2.45, 2.75) is 6.42 Å². The lowest BCUT2D eigenvalue weighted by Crippen LogP contribution is -2.06. The number of nitrogens with two attached hydrogens (primary N) is 1. The molecule has 18 heavy (non-hydrogen) atoms. The van der Waals surface area contributed by atoms with Crippen LogP contribution < -0.4 is 11.1 Å². The highest BCUT2D eigenvalue weighted by Crippen LogP contribution is 2.24. The van der Waals surface area contributed by atoms with Gasteiger partial charge in [-0.25, -0.2) is 0 Å². The minimum Gasteiger partial charge on any atom is -0.469 e. The van der Waals surface area contributed by atoms with E-state index in [9.17, 15) is 0 Å². The smallest absolute Gasteiger partial charge is 0.105 e. The molecule has 0 bridgehead atoms. The van der Waals surface area contributed by atoms with Crippen LogP contribution in [0.4, 0.5) is 11.4 Å². The van der Waals surface area contributed by atoms with Crippen LogP contribution in [0.25, 0.3) is 10.9 Å². The number of nitrogen functional groups attached to an aromatic ring is 1. The zero-order valence-electron chi connectivity index (χ0n) is 9.81. The maximum absolute atomic E-state index is 5.98. The number of anilines is 2. The second-order valence-corrected chi connectivity index (χ2v) is 4.15. The first kappa shape index (κ1) is 10.7. The molecule has 0 aliphatic carbocycles. The van der Waals surface area contributed by atoms with Gasteiger partial charge in [-0.3, -0.25) is 5.10 Å². The molecule has 0 saturated heterocycles. The Labute approximate surface area is 104 Å². The van der Waals surface area contributed by atoms with Crippen LogP contribution in [0.3, 0.4) is 0 Å². The molecule has 92 valence electrons. The lowest BCUT2D eigenvalue weighted by Gasteiger charge is -2.08. The lowest BCUT2D eigenvalue weighted by atomic mass is 10.2. The van der Waals surface area contributed by atoms with Gasteiger partial charge in [0.1, 0.15) is 5.76 Å². The number of H-pyrrole nitrogens is 1. The van der Waals surface area contributed by atoms with Crippen molar-refractivity contribution in [1.82, 2.24) is 10.2 Å². The maximum atomic E-state index is 5.98. The zero-order chi connectivity index (χ0) is 12.4. The molecule has 4 N–H and O–H groups in total. The number of nitrogens with one attached hydrogen (secondary N) is 2. The van der Waals surface area contributed by atoms with Gasteiger partial charge in [-0.1, -0.05) is 0 Å². The van der Waals surface area contributed by atoms with Gasteiger partial charge in [-0.15, -0.1) is 0 Å². The third kappa shape index (κ3) is 2.02. The summed E-state index contributed by atoms with van der Waals surface area (Å²) in [6, 6.07) is 7.73. The second-order valence-electron chi connectivity index (χ2n) is 4.15. The van der Waals surface area contributed by atoms with Crippen molar-refractivity contribution in [3.8, 4) is 0 Å². The maximum Gasteiger partial charge on any atom is 0.105 e. The third-order valence-electron chi connectivity index (χ3n) is 2.88. The normalized spacial score (nSPS) is 10.9. The number of fused-ring (bicyclic) bond motifs is 1. The molecule has 3 aromatic rings. The average molecular weight is 242 g/mol. The number of furan rings is 1. The SMILES string of the molecule is Nc1cc2cn[nH]c2cc1NCCc1ccco1. The fourth-order valence-corrected chi connectivity index (χ4v) is 1.94.